The lowest BCUT2D eigenvalue weighted by Crippen LogP contribution is -2.38. The highest BCUT2D eigenvalue weighted by Gasteiger charge is 2.31. The van der Waals surface area contributed by atoms with Crippen molar-refractivity contribution in [3.8, 4) is 0 Å². The first kappa shape index (κ1) is 14.5. The summed E-state index contributed by atoms with van der Waals surface area (Å²) in [5.74, 6) is 0.220. The van der Waals surface area contributed by atoms with Gasteiger partial charge < -0.3 is 4.57 Å². The summed E-state index contributed by atoms with van der Waals surface area (Å²) in [6.45, 7) is 5.80. The SMILES string of the molecule is CC(C)C(C)N(C)S(=O)(=O)c1ncn(C)c1Cl. The van der Waals surface area contributed by atoms with Gasteiger partial charge >= 0.3 is 0 Å². The number of hydrogen-bond acceptors (Lipinski definition) is 3. The number of imidazole rings is 1. The second-order valence-corrected chi connectivity index (χ2v) is 6.73. The van der Waals surface area contributed by atoms with Crippen molar-refractivity contribution in [1.29, 1.82) is 0 Å². The van der Waals surface area contributed by atoms with Crippen LogP contribution in [0.1, 0.15) is 20.8 Å². The third kappa shape index (κ3) is 2.64. The van der Waals surface area contributed by atoms with Gasteiger partial charge in [-0.05, 0) is 12.8 Å². The molecule has 5 nitrogen and oxygen atoms in total. The summed E-state index contributed by atoms with van der Waals surface area (Å²) in [5.41, 5.74) is 0. The molecule has 1 atom stereocenters. The Hall–Kier alpha value is -0.590. The van der Waals surface area contributed by atoms with Gasteiger partial charge in [0.15, 0.2) is 0 Å². The van der Waals surface area contributed by atoms with Crippen LogP contribution in [0, 0.1) is 5.92 Å². The third-order valence-corrected chi connectivity index (χ3v) is 5.43. The molecular formula is C10H18ClN3O2S. The molecule has 1 unspecified atom stereocenters. The van der Waals surface area contributed by atoms with Crippen molar-refractivity contribution in [3.63, 3.8) is 0 Å². The topological polar surface area (TPSA) is 55.2 Å². The van der Waals surface area contributed by atoms with Gasteiger partial charge in [-0.2, -0.15) is 4.31 Å². The van der Waals surface area contributed by atoms with Gasteiger partial charge in [0, 0.05) is 20.1 Å². The zero-order valence-corrected chi connectivity index (χ0v) is 12.2. The molecule has 0 bridgehead atoms. The Labute approximate surface area is 107 Å². The van der Waals surface area contributed by atoms with Crippen LogP contribution in [-0.2, 0) is 17.1 Å². The summed E-state index contributed by atoms with van der Waals surface area (Å²) >= 11 is 5.92. The number of rotatable bonds is 4. The average molecular weight is 280 g/mol. The number of aromatic nitrogens is 2. The Balaban J connectivity index is 3.16. The lowest BCUT2D eigenvalue weighted by atomic mass is 10.1. The number of halogens is 1. The molecule has 1 rings (SSSR count). The summed E-state index contributed by atoms with van der Waals surface area (Å²) in [5, 5.41) is 0.0458. The molecule has 0 radical (unpaired) electrons. The van der Waals surface area contributed by atoms with Crippen molar-refractivity contribution in [1.82, 2.24) is 13.9 Å². The van der Waals surface area contributed by atoms with Crippen LogP contribution in [0.25, 0.3) is 0 Å². The molecule has 0 aliphatic carbocycles. The van der Waals surface area contributed by atoms with Gasteiger partial charge in [0.25, 0.3) is 10.0 Å². The van der Waals surface area contributed by atoms with Gasteiger partial charge in [0.1, 0.15) is 5.15 Å². The van der Waals surface area contributed by atoms with Crippen LogP contribution < -0.4 is 0 Å². The van der Waals surface area contributed by atoms with E-state index in [0.717, 1.165) is 0 Å². The Kier molecular flexibility index (Phi) is 4.22. The van der Waals surface area contributed by atoms with Crippen LogP contribution >= 0.6 is 11.6 Å². The zero-order chi connectivity index (χ0) is 13.4. The van der Waals surface area contributed by atoms with E-state index in [2.05, 4.69) is 4.98 Å². The van der Waals surface area contributed by atoms with Gasteiger partial charge in [0.2, 0.25) is 5.03 Å². The molecule has 1 aromatic rings. The Morgan fingerprint density at radius 2 is 1.94 bits per heavy atom. The zero-order valence-electron chi connectivity index (χ0n) is 10.7. The van der Waals surface area contributed by atoms with Crippen molar-refractivity contribution in [2.45, 2.75) is 31.8 Å². The van der Waals surface area contributed by atoms with E-state index in [4.69, 9.17) is 11.6 Å². The van der Waals surface area contributed by atoms with Crippen molar-refractivity contribution in [2.24, 2.45) is 13.0 Å². The lowest BCUT2D eigenvalue weighted by molar-refractivity contribution is 0.315. The molecular weight excluding hydrogens is 262 g/mol. The van der Waals surface area contributed by atoms with Gasteiger partial charge in [0.05, 0.1) is 6.33 Å². The monoisotopic (exact) mass is 279 g/mol. The van der Waals surface area contributed by atoms with Crippen LogP contribution in [0.3, 0.4) is 0 Å². The highest BCUT2D eigenvalue weighted by Crippen LogP contribution is 2.24. The molecule has 0 amide bonds. The van der Waals surface area contributed by atoms with Gasteiger partial charge in [-0.3, -0.25) is 0 Å². The second kappa shape index (κ2) is 4.96. The molecule has 0 saturated heterocycles. The highest BCUT2D eigenvalue weighted by molar-refractivity contribution is 7.89. The molecule has 98 valence electrons. The summed E-state index contributed by atoms with van der Waals surface area (Å²) < 4.78 is 27.3. The van der Waals surface area contributed by atoms with Crippen LogP contribution in [0.2, 0.25) is 5.15 Å². The number of nitrogens with zero attached hydrogens (tertiary/aromatic N) is 3. The first-order chi connectivity index (χ1) is 7.69. The third-order valence-electron chi connectivity index (χ3n) is 3.00. The predicted octanol–water partition coefficient (Wildman–Crippen LogP) is 1.74. The van der Waals surface area contributed by atoms with Crippen molar-refractivity contribution < 1.29 is 8.42 Å². The van der Waals surface area contributed by atoms with Crippen molar-refractivity contribution in [3.05, 3.63) is 11.5 Å². The number of aryl methyl sites for hydroxylation is 1. The van der Waals surface area contributed by atoms with E-state index < -0.39 is 10.0 Å². The second-order valence-electron chi connectivity index (χ2n) is 4.46. The van der Waals surface area contributed by atoms with E-state index in [0.29, 0.717) is 0 Å². The van der Waals surface area contributed by atoms with Gasteiger partial charge in [-0.25, -0.2) is 13.4 Å². The number of sulfonamides is 1. The maximum atomic E-state index is 12.3. The quantitative estimate of drug-likeness (QED) is 0.844. The average Bonchev–Trinajstić information content (AvgIpc) is 2.57. The van der Waals surface area contributed by atoms with E-state index in [9.17, 15) is 8.42 Å². The molecule has 0 aliphatic heterocycles. The minimum absolute atomic E-state index is 0.0864. The standard InChI is InChI=1S/C10H18ClN3O2S/c1-7(2)8(3)14(5)17(15,16)10-9(11)13(4)6-12-10/h6-8H,1-5H3. The van der Waals surface area contributed by atoms with Crippen LogP contribution in [0.4, 0.5) is 0 Å². The van der Waals surface area contributed by atoms with Crippen LogP contribution in [0.5, 0.6) is 0 Å². The van der Waals surface area contributed by atoms with Crippen molar-refractivity contribution in [2.75, 3.05) is 7.05 Å². The first-order valence-corrected chi connectivity index (χ1v) is 7.16. The van der Waals surface area contributed by atoms with Crippen LogP contribution in [0.15, 0.2) is 11.4 Å². The molecule has 1 aromatic heterocycles. The minimum atomic E-state index is -3.62. The molecule has 17 heavy (non-hydrogen) atoms. The van der Waals surface area contributed by atoms with E-state index in [1.807, 2.05) is 20.8 Å². The Bertz CT molecular complexity index is 496. The minimum Gasteiger partial charge on any atom is -0.324 e. The largest absolute Gasteiger partial charge is 0.324 e. The first-order valence-electron chi connectivity index (χ1n) is 5.34. The molecule has 0 N–H and O–H groups in total. The fourth-order valence-corrected chi connectivity index (χ4v) is 3.22. The summed E-state index contributed by atoms with van der Waals surface area (Å²) in [6.07, 6.45) is 1.39. The van der Waals surface area contributed by atoms with E-state index >= 15 is 0 Å². The highest BCUT2D eigenvalue weighted by atomic mass is 35.5. The van der Waals surface area contributed by atoms with E-state index in [1.54, 1.807) is 14.1 Å². The van der Waals surface area contributed by atoms with E-state index in [1.165, 1.54) is 15.2 Å². The van der Waals surface area contributed by atoms with E-state index in [-0.39, 0.29) is 22.1 Å². The molecule has 0 fully saturated rings. The van der Waals surface area contributed by atoms with Crippen molar-refractivity contribution >= 4 is 21.6 Å². The maximum absolute atomic E-state index is 12.3. The summed E-state index contributed by atoms with van der Waals surface area (Å²) in [6, 6.07) is -0.113. The molecule has 0 aromatic carbocycles. The molecule has 7 heteroatoms. The molecule has 0 aliphatic rings. The number of hydrogen-bond donors (Lipinski definition) is 0. The Morgan fingerprint density at radius 3 is 2.29 bits per heavy atom. The Morgan fingerprint density at radius 1 is 1.41 bits per heavy atom. The fraction of sp³-hybridized carbons (Fsp3) is 0.700. The normalized spacial score (nSPS) is 14.6. The summed E-state index contributed by atoms with van der Waals surface area (Å²) in [4.78, 5) is 3.85. The van der Waals surface area contributed by atoms with Crippen LogP contribution in [-0.4, -0.2) is 35.4 Å². The van der Waals surface area contributed by atoms with Gasteiger partial charge in [-0.1, -0.05) is 25.4 Å². The predicted molar refractivity (Wildman–Crippen MR) is 67.5 cm³/mol. The fourth-order valence-electron chi connectivity index (χ4n) is 1.34. The lowest BCUT2D eigenvalue weighted by Gasteiger charge is -2.26. The molecule has 1 heterocycles. The smallest absolute Gasteiger partial charge is 0.263 e. The molecule has 0 spiro atoms. The van der Waals surface area contributed by atoms with Gasteiger partial charge in [-0.15, -0.1) is 0 Å². The maximum Gasteiger partial charge on any atom is 0.263 e. The molecule has 0 saturated carbocycles. The summed E-state index contributed by atoms with van der Waals surface area (Å²) in [7, 11) is -0.424.